The molecule has 1 saturated carbocycles. The molecule has 7 heteroatoms. The predicted octanol–water partition coefficient (Wildman–Crippen LogP) is 2.72. The summed E-state index contributed by atoms with van der Waals surface area (Å²) < 4.78 is 0. The second kappa shape index (κ2) is 7.03. The van der Waals surface area contributed by atoms with Gasteiger partial charge in [0.15, 0.2) is 5.69 Å². The van der Waals surface area contributed by atoms with Crippen LogP contribution in [0.2, 0.25) is 0 Å². The van der Waals surface area contributed by atoms with E-state index in [1.807, 2.05) is 30.3 Å². The normalized spacial score (nSPS) is 13.2. The third kappa shape index (κ3) is 3.72. The lowest BCUT2D eigenvalue weighted by Gasteiger charge is -2.10. The zero-order valence-corrected chi connectivity index (χ0v) is 14.8. The van der Waals surface area contributed by atoms with E-state index in [-0.39, 0.29) is 17.6 Å². The molecule has 7 nitrogen and oxygen atoms in total. The Morgan fingerprint density at radius 1 is 0.963 bits per heavy atom. The van der Waals surface area contributed by atoms with Crippen molar-refractivity contribution in [2.24, 2.45) is 0 Å². The standard InChI is InChI=1S/C20H19N5O2/c1-13-18(24-25(23-13)15-7-3-2-4-8-15)20(27)22-17-10-6-5-9-16(17)19(26)21-14-11-12-14/h2-10,14H,11-12H2,1H3,(H,21,26)(H,22,27). The summed E-state index contributed by atoms with van der Waals surface area (Å²) in [6.45, 7) is 1.73. The van der Waals surface area contributed by atoms with Crippen LogP contribution in [0.4, 0.5) is 5.69 Å². The van der Waals surface area contributed by atoms with Crippen molar-refractivity contribution < 1.29 is 9.59 Å². The van der Waals surface area contributed by atoms with Crippen LogP contribution in [0.1, 0.15) is 39.4 Å². The number of hydrogen-bond acceptors (Lipinski definition) is 4. The summed E-state index contributed by atoms with van der Waals surface area (Å²) in [5, 5.41) is 14.3. The van der Waals surface area contributed by atoms with E-state index in [1.165, 1.54) is 4.80 Å². The smallest absolute Gasteiger partial charge is 0.278 e. The molecule has 0 aliphatic heterocycles. The van der Waals surface area contributed by atoms with Crippen LogP contribution in [0.5, 0.6) is 0 Å². The summed E-state index contributed by atoms with van der Waals surface area (Å²) >= 11 is 0. The number of aromatic nitrogens is 3. The van der Waals surface area contributed by atoms with Gasteiger partial charge in [-0.3, -0.25) is 9.59 Å². The van der Waals surface area contributed by atoms with Crippen LogP contribution in [0.3, 0.4) is 0 Å². The van der Waals surface area contributed by atoms with E-state index < -0.39 is 5.91 Å². The Kier molecular flexibility index (Phi) is 4.42. The molecular formula is C20H19N5O2. The fraction of sp³-hybridized carbons (Fsp3) is 0.200. The number of para-hydroxylation sites is 2. The lowest BCUT2D eigenvalue weighted by atomic mass is 10.1. The maximum Gasteiger partial charge on any atom is 0.278 e. The lowest BCUT2D eigenvalue weighted by Crippen LogP contribution is -2.27. The molecule has 2 N–H and O–H groups in total. The summed E-state index contributed by atoms with van der Waals surface area (Å²) in [4.78, 5) is 26.6. The second-order valence-electron chi connectivity index (χ2n) is 6.51. The minimum atomic E-state index is -0.402. The molecule has 4 rings (SSSR count). The van der Waals surface area contributed by atoms with Crippen molar-refractivity contribution in [2.45, 2.75) is 25.8 Å². The highest BCUT2D eigenvalue weighted by molar-refractivity contribution is 6.08. The predicted molar refractivity (Wildman–Crippen MR) is 101 cm³/mol. The SMILES string of the molecule is Cc1nn(-c2ccccc2)nc1C(=O)Nc1ccccc1C(=O)NC1CC1. The van der Waals surface area contributed by atoms with Crippen molar-refractivity contribution in [3.63, 3.8) is 0 Å². The van der Waals surface area contributed by atoms with Crippen molar-refractivity contribution in [3.8, 4) is 5.69 Å². The molecule has 1 aromatic heterocycles. The van der Waals surface area contributed by atoms with E-state index in [1.54, 1.807) is 31.2 Å². The van der Waals surface area contributed by atoms with Gasteiger partial charge in [0.25, 0.3) is 11.8 Å². The van der Waals surface area contributed by atoms with Crippen LogP contribution in [-0.4, -0.2) is 32.9 Å². The van der Waals surface area contributed by atoms with Gasteiger partial charge in [-0.05, 0) is 44.0 Å². The Hall–Kier alpha value is -3.48. The fourth-order valence-electron chi connectivity index (χ4n) is 2.73. The number of hydrogen-bond donors (Lipinski definition) is 2. The van der Waals surface area contributed by atoms with Crippen LogP contribution >= 0.6 is 0 Å². The van der Waals surface area contributed by atoms with Gasteiger partial charge < -0.3 is 10.6 Å². The third-order valence-electron chi connectivity index (χ3n) is 4.32. The van der Waals surface area contributed by atoms with Crippen LogP contribution in [0, 0.1) is 6.92 Å². The number of carbonyl (C=O) groups is 2. The first-order chi connectivity index (χ1) is 13.1. The van der Waals surface area contributed by atoms with Gasteiger partial charge in [-0.2, -0.15) is 9.90 Å². The molecule has 0 saturated heterocycles. The van der Waals surface area contributed by atoms with E-state index in [9.17, 15) is 9.59 Å². The molecule has 1 aliphatic rings. The van der Waals surface area contributed by atoms with Gasteiger partial charge in [-0.1, -0.05) is 30.3 Å². The molecule has 27 heavy (non-hydrogen) atoms. The summed E-state index contributed by atoms with van der Waals surface area (Å²) in [6, 6.07) is 16.6. The molecule has 0 radical (unpaired) electrons. The van der Waals surface area contributed by atoms with Crippen molar-refractivity contribution in [2.75, 3.05) is 5.32 Å². The molecule has 0 spiro atoms. The number of nitrogens with one attached hydrogen (secondary N) is 2. The highest BCUT2D eigenvalue weighted by Gasteiger charge is 2.25. The molecular weight excluding hydrogens is 342 g/mol. The Labute approximate surface area is 156 Å². The Balaban J connectivity index is 1.56. The first kappa shape index (κ1) is 17.0. The quantitative estimate of drug-likeness (QED) is 0.731. The number of carbonyl (C=O) groups excluding carboxylic acids is 2. The summed E-state index contributed by atoms with van der Waals surface area (Å²) in [5.74, 6) is -0.584. The van der Waals surface area contributed by atoms with Crippen LogP contribution in [0.25, 0.3) is 5.69 Å². The van der Waals surface area contributed by atoms with Gasteiger partial charge in [0.1, 0.15) is 0 Å². The maximum atomic E-state index is 12.7. The number of nitrogens with zero attached hydrogens (tertiary/aromatic N) is 3. The molecule has 3 aromatic rings. The monoisotopic (exact) mass is 361 g/mol. The van der Waals surface area contributed by atoms with Crippen molar-refractivity contribution in [1.82, 2.24) is 20.3 Å². The van der Waals surface area contributed by atoms with E-state index in [4.69, 9.17) is 0 Å². The maximum absolute atomic E-state index is 12.7. The summed E-state index contributed by atoms with van der Waals surface area (Å²) in [7, 11) is 0. The van der Waals surface area contributed by atoms with Gasteiger partial charge in [0.2, 0.25) is 0 Å². The third-order valence-corrected chi connectivity index (χ3v) is 4.32. The molecule has 2 amide bonds. The number of anilines is 1. The highest BCUT2D eigenvalue weighted by Crippen LogP contribution is 2.22. The molecule has 1 fully saturated rings. The van der Waals surface area contributed by atoms with Gasteiger partial charge in [-0.25, -0.2) is 0 Å². The number of aryl methyl sites for hydroxylation is 1. The summed E-state index contributed by atoms with van der Waals surface area (Å²) in [5.41, 5.74) is 2.39. The zero-order valence-electron chi connectivity index (χ0n) is 14.8. The van der Waals surface area contributed by atoms with Crippen LogP contribution in [0.15, 0.2) is 54.6 Å². The van der Waals surface area contributed by atoms with Crippen LogP contribution < -0.4 is 10.6 Å². The largest absolute Gasteiger partial charge is 0.349 e. The van der Waals surface area contributed by atoms with E-state index in [0.717, 1.165) is 18.5 Å². The first-order valence-electron chi connectivity index (χ1n) is 8.82. The number of rotatable bonds is 5. The Morgan fingerprint density at radius 3 is 2.41 bits per heavy atom. The van der Waals surface area contributed by atoms with Crippen LogP contribution in [-0.2, 0) is 0 Å². The van der Waals surface area contributed by atoms with E-state index in [0.29, 0.717) is 16.9 Å². The Bertz CT molecular complexity index is 993. The molecule has 0 unspecified atom stereocenters. The Morgan fingerprint density at radius 2 is 1.67 bits per heavy atom. The van der Waals surface area contributed by atoms with Crippen molar-refractivity contribution >= 4 is 17.5 Å². The average Bonchev–Trinajstić information content (AvgIpc) is 3.41. The molecule has 1 aliphatic carbocycles. The van der Waals surface area contributed by atoms with Crippen molar-refractivity contribution in [1.29, 1.82) is 0 Å². The highest BCUT2D eigenvalue weighted by atomic mass is 16.2. The van der Waals surface area contributed by atoms with Gasteiger partial charge in [0, 0.05) is 6.04 Å². The number of benzene rings is 2. The zero-order chi connectivity index (χ0) is 18.8. The van der Waals surface area contributed by atoms with Crippen molar-refractivity contribution in [3.05, 3.63) is 71.5 Å². The minimum Gasteiger partial charge on any atom is -0.349 e. The molecule has 2 aromatic carbocycles. The fourth-order valence-corrected chi connectivity index (χ4v) is 2.73. The molecule has 0 bridgehead atoms. The minimum absolute atomic E-state index is 0.182. The average molecular weight is 361 g/mol. The second-order valence-corrected chi connectivity index (χ2v) is 6.51. The first-order valence-corrected chi connectivity index (χ1v) is 8.82. The van der Waals surface area contributed by atoms with Gasteiger partial charge >= 0.3 is 0 Å². The number of amides is 2. The molecule has 136 valence electrons. The molecule has 0 atom stereocenters. The van der Waals surface area contributed by atoms with E-state index in [2.05, 4.69) is 20.8 Å². The van der Waals surface area contributed by atoms with Gasteiger partial charge in [-0.15, -0.1) is 5.10 Å². The summed E-state index contributed by atoms with van der Waals surface area (Å²) in [6.07, 6.45) is 2.00. The van der Waals surface area contributed by atoms with Gasteiger partial charge in [0.05, 0.1) is 22.6 Å². The topological polar surface area (TPSA) is 88.9 Å². The van der Waals surface area contributed by atoms with E-state index >= 15 is 0 Å². The molecule has 1 heterocycles. The lowest BCUT2D eigenvalue weighted by molar-refractivity contribution is 0.0952.